The first-order valence-electron chi connectivity index (χ1n) is 7.39. The third-order valence-corrected chi connectivity index (χ3v) is 3.65. The predicted molar refractivity (Wildman–Crippen MR) is 88.9 cm³/mol. The molecule has 1 unspecified atom stereocenters. The van der Waals surface area contributed by atoms with E-state index in [9.17, 15) is 0 Å². The van der Waals surface area contributed by atoms with Gasteiger partial charge in [-0.1, -0.05) is 42.8 Å². The normalized spacial score (nSPS) is 12.1. The van der Waals surface area contributed by atoms with Crippen LogP contribution in [0, 0.1) is 0 Å². The van der Waals surface area contributed by atoms with Gasteiger partial charge in [0.2, 0.25) is 0 Å². The maximum absolute atomic E-state index is 5.87. The molecule has 0 aliphatic carbocycles. The van der Waals surface area contributed by atoms with E-state index in [0.717, 1.165) is 29.3 Å². The van der Waals surface area contributed by atoms with Crippen molar-refractivity contribution in [1.29, 1.82) is 0 Å². The summed E-state index contributed by atoms with van der Waals surface area (Å²) in [6.45, 7) is 5.95. The number of halogens is 1. The maximum Gasteiger partial charge on any atom is 0.119 e. The smallest absolute Gasteiger partial charge is 0.119 e. The van der Waals surface area contributed by atoms with Gasteiger partial charge in [-0.15, -0.1) is 0 Å². The molecule has 0 fully saturated rings. The first-order chi connectivity index (χ1) is 10.2. The Hall–Kier alpha value is -1.51. The van der Waals surface area contributed by atoms with Crippen LogP contribution in [0.1, 0.15) is 37.4 Å². The minimum absolute atomic E-state index is 0.371. The first-order valence-corrected chi connectivity index (χ1v) is 7.77. The second kappa shape index (κ2) is 8.06. The Morgan fingerprint density at radius 2 is 1.71 bits per heavy atom. The summed E-state index contributed by atoms with van der Waals surface area (Å²) in [6.07, 6.45) is 1.15. The van der Waals surface area contributed by atoms with Crippen LogP contribution < -0.4 is 10.1 Å². The van der Waals surface area contributed by atoms with E-state index < -0.39 is 0 Å². The van der Waals surface area contributed by atoms with Crippen LogP contribution in [0.25, 0.3) is 0 Å². The van der Waals surface area contributed by atoms with Crippen molar-refractivity contribution >= 4 is 11.6 Å². The molecule has 0 spiro atoms. The molecule has 0 heterocycles. The van der Waals surface area contributed by atoms with E-state index in [1.165, 1.54) is 5.56 Å². The average Bonchev–Trinajstić information content (AvgIpc) is 2.52. The fraction of sp³-hybridized carbons (Fsp3) is 0.333. The largest absolute Gasteiger partial charge is 0.489 e. The minimum Gasteiger partial charge on any atom is -0.489 e. The van der Waals surface area contributed by atoms with Crippen molar-refractivity contribution in [3.05, 3.63) is 64.7 Å². The SMILES string of the molecule is CCCNC(C)c1ccc(OCc2ccc(Cl)cc2)cc1. The zero-order valence-electron chi connectivity index (χ0n) is 12.6. The molecule has 2 aromatic rings. The van der Waals surface area contributed by atoms with Crippen molar-refractivity contribution in [3.63, 3.8) is 0 Å². The molecule has 2 aromatic carbocycles. The van der Waals surface area contributed by atoms with Gasteiger partial charge in [0.15, 0.2) is 0 Å². The Bertz CT molecular complexity index is 536. The molecule has 2 nitrogen and oxygen atoms in total. The van der Waals surface area contributed by atoms with E-state index in [4.69, 9.17) is 16.3 Å². The Morgan fingerprint density at radius 3 is 2.33 bits per heavy atom. The van der Waals surface area contributed by atoms with Gasteiger partial charge in [0, 0.05) is 11.1 Å². The molecule has 2 rings (SSSR count). The van der Waals surface area contributed by atoms with Crippen molar-refractivity contribution < 1.29 is 4.74 Å². The molecule has 1 N–H and O–H groups in total. The Balaban J connectivity index is 1.88. The number of benzene rings is 2. The van der Waals surface area contributed by atoms with E-state index in [1.807, 2.05) is 36.4 Å². The van der Waals surface area contributed by atoms with E-state index in [2.05, 4.69) is 31.3 Å². The highest BCUT2D eigenvalue weighted by atomic mass is 35.5. The zero-order valence-corrected chi connectivity index (χ0v) is 13.4. The van der Waals surface area contributed by atoms with Crippen LogP contribution in [-0.4, -0.2) is 6.54 Å². The van der Waals surface area contributed by atoms with E-state index in [0.29, 0.717) is 12.6 Å². The van der Waals surface area contributed by atoms with Gasteiger partial charge in [-0.05, 0) is 55.3 Å². The van der Waals surface area contributed by atoms with Crippen LogP contribution in [0.3, 0.4) is 0 Å². The number of hydrogen-bond donors (Lipinski definition) is 1. The lowest BCUT2D eigenvalue weighted by Crippen LogP contribution is -2.19. The monoisotopic (exact) mass is 303 g/mol. The fourth-order valence-corrected chi connectivity index (χ4v) is 2.20. The van der Waals surface area contributed by atoms with Crippen molar-refractivity contribution in [2.75, 3.05) is 6.54 Å². The highest BCUT2D eigenvalue weighted by molar-refractivity contribution is 6.30. The molecule has 0 radical (unpaired) electrons. The standard InChI is InChI=1S/C18H22ClNO/c1-3-12-20-14(2)16-6-10-18(11-7-16)21-13-15-4-8-17(19)9-5-15/h4-11,14,20H,3,12-13H2,1-2H3. The number of hydrogen-bond acceptors (Lipinski definition) is 2. The van der Waals surface area contributed by atoms with Gasteiger partial charge >= 0.3 is 0 Å². The number of ether oxygens (including phenoxy) is 1. The van der Waals surface area contributed by atoms with Crippen LogP contribution in [0.4, 0.5) is 0 Å². The van der Waals surface area contributed by atoms with Gasteiger partial charge in [0.25, 0.3) is 0 Å². The maximum atomic E-state index is 5.87. The highest BCUT2D eigenvalue weighted by Gasteiger charge is 2.04. The van der Waals surface area contributed by atoms with Crippen LogP contribution in [0.2, 0.25) is 5.02 Å². The molecule has 0 aromatic heterocycles. The molecule has 0 saturated carbocycles. The van der Waals surface area contributed by atoms with Gasteiger partial charge in [0.05, 0.1) is 0 Å². The van der Waals surface area contributed by atoms with Crippen molar-refractivity contribution in [3.8, 4) is 5.75 Å². The summed E-state index contributed by atoms with van der Waals surface area (Å²) >= 11 is 5.87. The lowest BCUT2D eigenvalue weighted by atomic mass is 10.1. The molecule has 1 atom stereocenters. The van der Waals surface area contributed by atoms with Crippen molar-refractivity contribution in [2.45, 2.75) is 32.9 Å². The van der Waals surface area contributed by atoms with Gasteiger partial charge < -0.3 is 10.1 Å². The summed E-state index contributed by atoms with van der Waals surface area (Å²) in [5, 5.41) is 4.22. The van der Waals surface area contributed by atoms with Gasteiger partial charge in [-0.2, -0.15) is 0 Å². The van der Waals surface area contributed by atoms with Gasteiger partial charge in [-0.3, -0.25) is 0 Å². The third kappa shape index (κ3) is 5.07. The average molecular weight is 304 g/mol. The number of rotatable bonds is 7. The van der Waals surface area contributed by atoms with Crippen molar-refractivity contribution in [1.82, 2.24) is 5.32 Å². The van der Waals surface area contributed by atoms with E-state index in [1.54, 1.807) is 0 Å². The third-order valence-electron chi connectivity index (χ3n) is 3.40. The Labute approximate surface area is 132 Å². The molecular weight excluding hydrogens is 282 g/mol. The van der Waals surface area contributed by atoms with Crippen LogP contribution in [-0.2, 0) is 6.61 Å². The molecule has 21 heavy (non-hydrogen) atoms. The molecule has 112 valence electrons. The zero-order chi connectivity index (χ0) is 15.1. The Kier molecular flexibility index (Phi) is 6.09. The van der Waals surface area contributed by atoms with Crippen LogP contribution >= 0.6 is 11.6 Å². The fourth-order valence-electron chi connectivity index (χ4n) is 2.08. The molecule has 0 aliphatic rings. The van der Waals surface area contributed by atoms with Gasteiger partial charge in [-0.25, -0.2) is 0 Å². The second-order valence-electron chi connectivity index (χ2n) is 5.16. The first kappa shape index (κ1) is 15.9. The molecule has 0 aliphatic heterocycles. The highest BCUT2D eigenvalue weighted by Crippen LogP contribution is 2.19. The Morgan fingerprint density at radius 1 is 1.05 bits per heavy atom. The van der Waals surface area contributed by atoms with E-state index >= 15 is 0 Å². The lowest BCUT2D eigenvalue weighted by Gasteiger charge is -2.14. The topological polar surface area (TPSA) is 21.3 Å². The summed E-state index contributed by atoms with van der Waals surface area (Å²) < 4.78 is 5.78. The molecule has 3 heteroatoms. The van der Waals surface area contributed by atoms with Crippen LogP contribution in [0.15, 0.2) is 48.5 Å². The number of nitrogens with one attached hydrogen (secondary N) is 1. The summed E-state index contributed by atoms with van der Waals surface area (Å²) in [5.74, 6) is 0.886. The predicted octanol–water partition coefficient (Wildman–Crippen LogP) is 4.98. The van der Waals surface area contributed by atoms with E-state index in [-0.39, 0.29) is 0 Å². The summed E-state index contributed by atoms with van der Waals surface area (Å²) in [4.78, 5) is 0. The van der Waals surface area contributed by atoms with Crippen LogP contribution in [0.5, 0.6) is 5.75 Å². The van der Waals surface area contributed by atoms with Crippen molar-refractivity contribution in [2.24, 2.45) is 0 Å². The molecule has 0 amide bonds. The second-order valence-corrected chi connectivity index (χ2v) is 5.60. The molecule has 0 bridgehead atoms. The quantitative estimate of drug-likeness (QED) is 0.779. The summed E-state index contributed by atoms with van der Waals surface area (Å²) in [6, 6.07) is 16.4. The minimum atomic E-state index is 0.371. The molecule has 0 saturated heterocycles. The lowest BCUT2D eigenvalue weighted by molar-refractivity contribution is 0.306. The molecular formula is C18H22ClNO. The summed E-state index contributed by atoms with van der Waals surface area (Å²) in [5.41, 5.74) is 2.39. The van der Waals surface area contributed by atoms with Gasteiger partial charge in [0.1, 0.15) is 12.4 Å². The summed E-state index contributed by atoms with van der Waals surface area (Å²) in [7, 11) is 0.